The number of rotatable bonds is 10. The Bertz CT molecular complexity index is 1260. The minimum atomic E-state index is -0.655. The number of benzene rings is 3. The number of carbonyl (C=O) groups is 2. The highest BCUT2D eigenvalue weighted by Gasteiger charge is 2.32. The zero-order valence-corrected chi connectivity index (χ0v) is 24.5. The number of ether oxygens (including phenoxy) is 1. The number of amides is 2. The molecule has 0 radical (unpaired) electrons. The summed E-state index contributed by atoms with van der Waals surface area (Å²) < 4.78 is 6.18. The van der Waals surface area contributed by atoms with Crippen molar-refractivity contribution in [2.45, 2.75) is 90.3 Å². The fraction of sp³-hybridized carbons (Fsp3) is 0.429. The molecule has 5 nitrogen and oxygen atoms in total. The third kappa shape index (κ3) is 7.97. The predicted octanol–water partition coefficient (Wildman–Crippen LogP) is 6.76. The molecular formula is C35H44N2O3. The maximum Gasteiger partial charge on any atom is 0.261 e. The summed E-state index contributed by atoms with van der Waals surface area (Å²) in [6, 6.07) is 25.4. The van der Waals surface area contributed by atoms with Crippen LogP contribution in [0.5, 0.6) is 5.75 Å². The van der Waals surface area contributed by atoms with E-state index in [9.17, 15) is 9.59 Å². The number of carbonyl (C=O) groups excluding carboxylic acids is 2. The molecule has 0 aromatic heterocycles. The zero-order chi connectivity index (χ0) is 28.5. The summed E-state index contributed by atoms with van der Waals surface area (Å²) in [6.45, 7) is 8.64. The van der Waals surface area contributed by atoms with E-state index in [0.29, 0.717) is 18.7 Å². The maximum atomic E-state index is 14.0. The van der Waals surface area contributed by atoms with Crippen LogP contribution in [0.1, 0.15) is 75.1 Å². The van der Waals surface area contributed by atoms with Gasteiger partial charge in [-0.2, -0.15) is 0 Å². The Morgan fingerprint density at radius 2 is 1.55 bits per heavy atom. The predicted molar refractivity (Wildman–Crippen MR) is 161 cm³/mol. The first-order chi connectivity index (χ1) is 19.2. The average molecular weight is 541 g/mol. The lowest BCUT2D eigenvalue weighted by atomic mass is 9.86. The van der Waals surface area contributed by atoms with Crippen molar-refractivity contribution in [3.05, 3.63) is 101 Å². The molecule has 0 bridgehead atoms. The largest absolute Gasteiger partial charge is 0.483 e. The molecule has 40 heavy (non-hydrogen) atoms. The normalized spacial score (nSPS) is 14.8. The number of aryl methyl sites for hydroxylation is 1. The minimum Gasteiger partial charge on any atom is -0.483 e. The van der Waals surface area contributed by atoms with Crippen molar-refractivity contribution in [3.63, 3.8) is 0 Å². The maximum absolute atomic E-state index is 14.0. The van der Waals surface area contributed by atoms with Gasteiger partial charge in [-0.1, -0.05) is 113 Å². The Kier molecular flexibility index (Phi) is 10.0. The fourth-order valence-corrected chi connectivity index (χ4v) is 5.50. The van der Waals surface area contributed by atoms with Gasteiger partial charge in [0, 0.05) is 19.0 Å². The molecule has 1 fully saturated rings. The lowest BCUT2D eigenvalue weighted by Crippen LogP contribution is -2.53. The van der Waals surface area contributed by atoms with Crippen molar-refractivity contribution in [1.29, 1.82) is 0 Å². The van der Waals surface area contributed by atoms with Crippen LogP contribution in [-0.2, 0) is 28.0 Å². The van der Waals surface area contributed by atoms with E-state index in [2.05, 4.69) is 26.1 Å². The van der Waals surface area contributed by atoms with Crippen LogP contribution in [0.15, 0.2) is 78.9 Å². The lowest BCUT2D eigenvalue weighted by molar-refractivity contribution is -0.143. The van der Waals surface area contributed by atoms with Crippen molar-refractivity contribution in [2.75, 3.05) is 6.61 Å². The molecule has 1 atom stereocenters. The highest BCUT2D eigenvalue weighted by Crippen LogP contribution is 2.31. The second-order valence-electron chi connectivity index (χ2n) is 12.0. The van der Waals surface area contributed by atoms with Gasteiger partial charge in [0.15, 0.2) is 6.61 Å². The van der Waals surface area contributed by atoms with Gasteiger partial charge in [-0.3, -0.25) is 9.59 Å². The number of para-hydroxylation sites is 1. The van der Waals surface area contributed by atoms with Crippen LogP contribution in [0.3, 0.4) is 0 Å². The van der Waals surface area contributed by atoms with E-state index in [1.807, 2.05) is 85.8 Å². The molecule has 1 saturated carbocycles. The molecule has 3 aromatic carbocycles. The van der Waals surface area contributed by atoms with E-state index in [4.69, 9.17) is 4.74 Å². The van der Waals surface area contributed by atoms with Crippen LogP contribution in [0.25, 0.3) is 0 Å². The molecule has 1 unspecified atom stereocenters. The molecule has 0 aliphatic heterocycles. The van der Waals surface area contributed by atoms with Crippen molar-refractivity contribution in [1.82, 2.24) is 10.2 Å². The van der Waals surface area contributed by atoms with Gasteiger partial charge < -0.3 is 15.0 Å². The molecule has 2 amide bonds. The quantitative estimate of drug-likeness (QED) is 0.309. The van der Waals surface area contributed by atoms with Crippen LogP contribution in [-0.4, -0.2) is 35.4 Å². The Balaban J connectivity index is 1.64. The summed E-state index contributed by atoms with van der Waals surface area (Å²) in [6.07, 6.45) is 5.88. The van der Waals surface area contributed by atoms with E-state index >= 15 is 0 Å². The topological polar surface area (TPSA) is 58.6 Å². The van der Waals surface area contributed by atoms with Crippen LogP contribution < -0.4 is 10.1 Å². The third-order valence-corrected chi connectivity index (χ3v) is 7.87. The summed E-state index contributed by atoms with van der Waals surface area (Å²) in [5.41, 5.74) is 4.05. The molecular weight excluding hydrogens is 496 g/mol. The van der Waals surface area contributed by atoms with Crippen LogP contribution in [0, 0.1) is 6.92 Å². The highest BCUT2D eigenvalue weighted by atomic mass is 16.5. The molecule has 0 heterocycles. The van der Waals surface area contributed by atoms with Crippen LogP contribution in [0.4, 0.5) is 0 Å². The van der Waals surface area contributed by atoms with E-state index in [1.165, 1.54) is 6.42 Å². The Labute approximate surface area is 239 Å². The lowest BCUT2D eigenvalue weighted by Gasteiger charge is -2.34. The monoisotopic (exact) mass is 540 g/mol. The first kappa shape index (κ1) is 29.4. The van der Waals surface area contributed by atoms with E-state index in [1.54, 1.807) is 4.90 Å². The third-order valence-electron chi connectivity index (χ3n) is 7.87. The van der Waals surface area contributed by atoms with Gasteiger partial charge in [0.05, 0.1) is 0 Å². The van der Waals surface area contributed by atoms with Gasteiger partial charge in [0.1, 0.15) is 11.8 Å². The van der Waals surface area contributed by atoms with E-state index in [-0.39, 0.29) is 29.9 Å². The summed E-state index contributed by atoms with van der Waals surface area (Å²) in [5, 5.41) is 3.30. The second kappa shape index (κ2) is 13.6. The van der Waals surface area contributed by atoms with Gasteiger partial charge in [-0.15, -0.1) is 0 Å². The Hall–Kier alpha value is -3.60. The number of nitrogens with zero attached hydrogens (tertiary/aromatic N) is 1. The standard InChI is InChI=1S/C35H44N2O3/c1-26-15-11-12-18-28(26)24-37(33(38)25-40-32-22-14-13-21-30(32)35(2,3)4)31(23-27-16-7-5-8-17-27)34(39)36-29-19-9-6-10-20-29/h5,7-8,11-18,21-22,29,31H,6,9-10,19-20,23-25H2,1-4H3,(H,36,39). The van der Waals surface area contributed by atoms with Gasteiger partial charge in [0.2, 0.25) is 5.91 Å². The first-order valence-corrected chi connectivity index (χ1v) is 14.6. The fourth-order valence-electron chi connectivity index (χ4n) is 5.50. The van der Waals surface area contributed by atoms with E-state index in [0.717, 1.165) is 47.9 Å². The summed E-state index contributed by atoms with van der Waals surface area (Å²) >= 11 is 0. The molecule has 1 aliphatic rings. The van der Waals surface area contributed by atoms with Gasteiger partial charge >= 0.3 is 0 Å². The van der Waals surface area contributed by atoms with Crippen molar-refractivity contribution >= 4 is 11.8 Å². The Morgan fingerprint density at radius 3 is 2.25 bits per heavy atom. The summed E-state index contributed by atoms with van der Waals surface area (Å²) in [7, 11) is 0. The number of hydrogen-bond acceptors (Lipinski definition) is 3. The SMILES string of the molecule is Cc1ccccc1CN(C(=O)COc1ccccc1C(C)(C)C)C(Cc1ccccc1)C(=O)NC1CCCCC1. The van der Waals surface area contributed by atoms with Crippen LogP contribution in [0.2, 0.25) is 0 Å². The highest BCUT2D eigenvalue weighted by molar-refractivity contribution is 5.88. The minimum absolute atomic E-state index is 0.0900. The first-order valence-electron chi connectivity index (χ1n) is 14.6. The van der Waals surface area contributed by atoms with Crippen molar-refractivity contribution in [3.8, 4) is 5.75 Å². The second-order valence-corrected chi connectivity index (χ2v) is 12.0. The Morgan fingerprint density at radius 1 is 0.900 bits per heavy atom. The zero-order valence-electron chi connectivity index (χ0n) is 24.5. The molecule has 212 valence electrons. The summed E-state index contributed by atoms with van der Waals surface area (Å²) in [5.74, 6) is 0.407. The number of hydrogen-bond donors (Lipinski definition) is 1. The van der Waals surface area contributed by atoms with Crippen molar-refractivity contribution < 1.29 is 14.3 Å². The molecule has 5 heteroatoms. The average Bonchev–Trinajstić information content (AvgIpc) is 2.95. The van der Waals surface area contributed by atoms with Crippen molar-refractivity contribution in [2.24, 2.45) is 0 Å². The van der Waals surface area contributed by atoms with Crippen LogP contribution >= 0.6 is 0 Å². The molecule has 3 aromatic rings. The smallest absolute Gasteiger partial charge is 0.261 e. The van der Waals surface area contributed by atoms with Gasteiger partial charge in [-0.05, 0) is 53.5 Å². The van der Waals surface area contributed by atoms with E-state index < -0.39 is 6.04 Å². The number of nitrogens with one attached hydrogen (secondary N) is 1. The molecule has 0 spiro atoms. The molecule has 1 aliphatic carbocycles. The van der Waals surface area contributed by atoms with Gasteiger partial charge in [0.25, 0.3) is 5.91 Å². The molecule has 1 N–H and O–H groups in total. The molecule has 0 saturated heterocycles. The molecule has 4 rings (SSSR count). The van der Waals surface area contributed by atoms with Gasteiger partial charge in [-0.25, -0.2) is 0 Å². The summed E-state index contributed by atoms with van der Waals surface area (Å²) in [4.78, 5) is 29.7.